The lowest BCUT2D eigenvalue weighted by Crippen LogP contribution is -2.30. The van der Waals surface area contributed by atoms with Gasteiger partial charge in [0.05, 0.1) is 17.2 Å². The summed E-state index contributed by atoms with van der Waals surface area (Å²) in [6, 6.07) is 18.2. The third-order valence-corrected chi connectivity index (χ3v) is 4.28. The Morgan fingerprint density at radius 1 is 1.00 bits per heavy atom. The Kier molecular flexibility index (Phi) is 2.92. The highest BCUT2D eigenvalue weighted by Crippen LogP contribution is 2.33. The van der Waals surface area contributed by atoms with Gasteiger partial charge in [-0.1, -0.05) is 0 Å². The molecule has 0 bridgehead atoms. The lowest BCUT2D eigenvalue weighted by Gasteiger charge is -2.04. The number of aryl methyl sites for hydroxylation is 2. The molecule has 0 saturated heterocycles. The Balaban J connectivity index is 2.03. The van der Waals surface area contributed by atoms with Gasteiger partial charge in [0.2, 0.25) is 5.69 Å². The maximum atomic E-state index is 9.04. The molecule has 2 heterocycles. The molecular formula is C20H15N2O+. The van der Waals surface area contributed by atoms with Crippen LogP contribution in [0.25, 0.3) is 33.2 Å². The van der Waals surface area contributed by atoms with Crippen LogP contribution in [0.3, 0.4) is 0 Å². The second-order valence-corrected chi connectivity index (χ2v) is 5.78. The van der Waals surface area contributed by atoms with E-state index in [9.17, 15) is 0 Å². The van der Waals surface area contributed by atoms with Gasteiger partial charge in [0.1, 0.15) is 18.2 Å². The molecule has 110 valence electrons. The lowest BCUT2D eigenvalue weighted by atomic mass is 10.0. The minimum atomic E-state index is 0.614. The highest BCUT2D eigenvalue weighted by Gasteiger charge is 2.16. The quantitative estimate of drug-likeness (QED) is 0.493. The topological polar surface area (TPSA) is 40.8 Å². The molecule has 4 aromatic rings. The van der Waals surface area contributed by atoms with E-state index in [-0.39, 0.29) is 0 Å². The monoisotopic (exact) mass is 299 g/mol. The van der Waals surface area contributed by atoms with Gasteiger partial charge in [0.25, 0.3) is 0 Å². The number of rotatable bonds is 1. The summed E-state index contributed by atoms with van der Waals surface area (Å²) in [5, 5.41) is 11.2. The summed E-state index contributed by atoms with van der Waals surface area (Å²) in [4.78, 5) is 0. The normalized spacial score (nSPS) is 11.0. The fourth-order valence-electron chi connectivity index (χ4n) is 3.08. The van der Waals surface area contributed by atoms with Crippen LogP contribution in [0.1, 0.15) is 11.1 Å². The summed E-state index contributed by atoms with van der Waals surface area (Å²) in [5.74, 6) is 0. The molecule has 4 rings (SSSR count). The first-order valence-corrected chi connectivity index (χ1v) is 7.49. The van der Waals surface area contributed by atoms with Crippen LogP contribution in [0, 0.1) is 18.3 Å². The molecule has 0 fully saturated rings. The van der Waals surface area contributed by atoms with E-state index in [1.807, 2.05) is 37.5 Å². The lowest BCUT2D eigenvalue weighted by molar-refractivity contribution is -0.660. The second kappa shape index (κ2) is 4.96. The number of hydrogen-bond acceptors (Lipinski definition) is 2. The molecule has 2 aromatic carbocycles. The Morgan fingerprint density at radius 3 is 2.61 bits per heavy atom. The van der Waals surface area contributed by atoms with E-state index in [2.05, 4.69) is 35.8 Å². The van der Waals surface area contributed by atoms with Crippen molar-refractivity contribution in [3.63, 3.8) is 0 Å². The molecule has 2 aromatic heterocycles. The second-order valence-electron chi connectivity index (χ2n) is 5.78. The van der Waals surface area contributed by atoms with Gasteiger partial charge in [-0.3, -0.25) is 0 Å². The van der Waals surface area contributed by atoms with Crippen LogP contribution < -0.4 is 4.57 Å². The Morgan fingerprint density at radius 2 is 1.83 bits per heavy atom. The van der Waals surface area contributed by atoms with E-state index in [1.54, 1.807) is 6.07 Å². The van der Waals surface area contributed by atoms with Crippen molar-refractivity contribution in [2.75, 3.05) is 0 Å². The Bertz CT molecular complexity index is 1100. The van der Waals surface area contributed by atoms with Crippen LogP contribution in [0.5, 0.6) is 0 Å². The number of furan rings is 1. The van der Waals surface area contributed by atoms with E-state index in [0.29, 0.717) is 5.56 Å². The summed E-state index contributed by atoms with van der Waals surface area (Å²) < 4.78 is 8.09. The van der Waals surface area contributed by atoms with Crippen LogP contribution in [0.2, 0.25) is 0 Å². The summed E-state index contributed by atoms with van der Waals surface area (Å²) in [5.41, 5.74) is 5.71. The molecule has 0 radical (unpaired) electrons. The molecule has 3 heteroatoms. The maximum Gasteiger partial charge on any atom is 0.212 e. The van der Waals surface area contributed by atoms with Crippen molar-refractivity contribution in [2.24, 2.45) is 7.05 Å². The molecule has 0 atom stereocenters. The number of pyridine rings is 1. The fraction of sp³-hybridized carbons (Fsp3) is 0.100. The third-order valence-electron chi connectivity index (χ3n) is 4.28. The molecule has 0 N–H and O–H groups in total. The van der Waals surface area contributed by atoms with Gasteiger partial charge in [0, 0.05) is 22.9 Å². The third kappa shape index (κ3) is 2.08. The maximum absolute atomic E-state index is 9.04. The first-order chi connectivity index (χ1) is 11.2. The van der Waals surface area contributed by atoms with E-state index < -0.39 is 0 Å². The average Bonchev–Trinajstić information content (AvgIpc) is 2.91. The minimum absolute atomic E-state index is 0.614. The number of aromatic nitrogens is 1. The van der Waals surface area contributed by atoms with Crippen LogP contribution in [0.15, 0.2) is 59.1 Å². The van der Waals surface area contributed by atoms with E-state index in [1.165, 1.54) is 5.56 Å². The molecular weight excluding hydrogens is 284 g/mol. The number of nitrogens with zero attached hydrogens (tertiary/aromatic N) is 2. The van der Waals surface area contributed by atoms with Crippen LogP contribution in [0.4, 0.5) is 0 Å². The van der Waals surface area contributed by atoms with Crippen molar-refractivity contribution >= 4 is 21.9 Å². The van der Waals surface area contributed by atoms with Gasteiger partial charge in [-0.25, -0.2) is 4.57 Å². The van der Waals surface area contributed by atoms with E-state index in [4.69, 9.17) is 9.68 Å². The van der Waals surface area contributed by atoms with Gasteiger partial charge in [-0.15, -0.1) is 0 Å². The van der Waals surface area contributed by atoms with Crippen LogP contribution in [-0.2, 0) is 7.05 Å². The van der Waals surface area contributed by atoms with E-state index >= 15 is 0 Å². The minimum Gasteiger partial charge on any atom is -0.456 e. The smallest absolute Gasteiger partial charge is 0.212 e. The van der Waals surface area contributed by atoms with Crippen molar-refractivity contribution in [1.82, 2.24) is 0 Å². The summed E-state index contributed by atoms with van der Waals surface area (Å²) in [7, 11) is 2.04. The van der Waals surface area contributed by atoms with E-state index in [0.717, 1.165) is 33.2 Å². The highest BCUT2D eigenvalue weighted by atomic mass is 16.3. The summed E-state index contributed by atoms with van der Waals surface area (Å²) >= 11 is 0. The molecule has 23 heavy (non-hydrogen) atoms. The zero-order valence-electron chi connectivity index (χ0n) is 13.0. The zero-order valence-corrected chi connectivity index (χ0v) is 13.0. The Labute approximate surface area is 134 Å². The van der Waals surface area contributed by atoms with Crippen molar-refractivity contribution < 1.29 is 8.98 Å². The fourth-order valence-corrected chi connectivity index (χ4v) is 3.08. The average molecular weight is 299 g/mol. The highest BCUT2D eigenvalue weighted by molar-refractivity contribution is 6.06. The first kappa shape index (κ1) is 13.5. The molecule has 0 spiro atoms. The SMILES string of the molecule is Cc1cc2c(cc1-c1cccc[n+]1C)oc1cc(C#N)ccc12. The number of fused-ring (bicyclic) bond motifs is 3. The summed E-state index contributed by atoms with van der Waals surface area (Å²) in [6.45, 7) is 2.12. The molecule has 0 aliphatic carbocycles. The molecule has 0 unspecified atom stereocenters. The van der Waals surface area contributed by atoms with Gasteiger partial charge in [0.15, 0.2) is 6.20 Å². The largest absolute Gasteiger partial charge is 0.456 e. The number of nitriles is 1. The Hall–Kier alpha value is -3.12. The molecule has 0 aliphatic heterocycles. The molecule has 0 amide bonds. The number of benzene rings is 2. The van der Waals surface area contributed by atoms with Gasteiger partial charge in [-0.2, -0.15) is 5.26 Å². The van der Waals surface area contributed by atoms with Crippen LogP contribution in [-0.4, -0.2) is 0 Å². The molecule has 3 nitrogen and oxygen atoms in total. The van der Waals surface area contributed by atoms with Crippen LogP contribution >= 0.6 is 0 Å². The van der Waals surface area contributed by atoms with Gasteiger partial charge < -0.3 is 4.42 Å². The van der Waals surface area contributed by atoms with Crippen molar-refractivity contribution in [1.29, 1.82) is 5.26 Å². The predicted molar refractivity (Wildman–Crippen MR) is 89.8 cm³/mol. The first-order valence-electron chi connectivity index (χ1n) is 7.49. The summed E-state index contributed by atoms with van der Waals surface area (Å²) in [6.07, 6.45) is 2.04. The molecule has 0 saturated carbocycles. The molecule has 0 aliphatic rings. The van der Waals surface area contributed by atoms with Crippen molar-refractivity contribution in [3.05, 3.63) is 65.9 Å². The number of hydrogen-bond donors (Lipinski definition) is 0. The standard InChI is InChI=1S/C20H15N2O/c1-13-9-17-15-7-6-14(12-21)10-19(15)23-20(17)11-16(13)18-5-3-4-8-22(18)2/h3-11H,1-2H3/q+1. The van der Waals surface area contributed by atoms with Crippen molar-refractivity contribution in [2.45, 2.75) is 6.92 Å². The predicted octanol–water partition coefficient (Wildman–Crippen LogP) is 4.26. The van der Waals surface area contributed by atoms with Crippen molar-refractivity contribution in [3.8, 4) is 17.3 Å². The van der Waals surface area contributed by atoms with Gasteiger partial charge >= 0.3 is 0 Å². The zero-order chi connectivity index (χ0) is 16.0. The van der Waals surface area contributed by atoms with Gasteiger partial charge in [-0.05, 0) is 48.9 Å².